The number of rotatable bonds is 9. The lowest BCUT2D eigenvalue weighted by Crippen LogP contribution is -2.14. The maximum atomic E-state index is 11.5. The highest BCUT2D eigenvalue weighted by Gasteiger charge is 2.28. The molecule has 6 nitrogen and oxygen atoms in total. The van der Waals surface area contributed by atoms with E-state index < -0.39 is 0 Å². The zero-order valence-electron chi connectivity index (χ0n) is 13.8. The first-order valence-corrected chi connectivity index (χ1v) is 8.46. The van der Waals surface area contributed by atoms with E-state index in [9.17, 15) is 9.59 Å². The minimum absolute atomic E-state index is 0.0688. The Kier molecular flexibility index (Phi) is 7.55. The molecule has 2 saturated heterocycles. The molecule has 2 aliphatic heterocycles. The fourth-order valence-electron chi connectivity index (χ4n) is 2.78. The fraction of sp³-hybridized carbons (Fsp3) is 0.765. The standard InChI is InChI=1S/C17H26O6/c1-2-20-15(18)8-3-6-13-12-16(19)23-14(13)7-4-10-21-17-9-5-11-22-17/h6,14,17H,2-5,7-12H2,1H3/b13-6+. The summed E-state index contributed by atoms with van der Waals surface area (Å²) in [5.41, 5.74) is 0.969. The Labute approximate surface area is 137 Å². The number of carbonyl (C=O) groups excluding carboxylic acids is 2. The van der Waals surface area contributed by atoms with E-state index in [2.05, 4.69) is 0 Å². The van der Waals surface area contributed by atoms with Gasteiger partial charge in [0.15, 0.2) is 6.29 Å². The molecule has 2 aliphatic rings. The number of ether oxygens (including phenoxy) is 4. The van der Waals surface area contributed by atoms with Crippen molar-refractivity contribution < 1.29 is 28.5 Å². The van der Waals surface area contributed by atoms with Gasteiger partial charge in [0.1, 0.15) is 6.10 Å². The maximum Gasteiger partial charge on any atom is 0.310 e. The molecule has 0 N–H and O–H groups in total. The number of allylic oxidation sites excluding steroid dienone is 1. The van der Waals surface area contributed by atoms with Crippen molar-refractivity contribution in [3.05, 3.63) is 11.6 Å². The average molecular weight is 326 g/mol. The van der Waals surface area contributed by atoms with Crippen molar-refractivity contribution in [1.82, 2.24) is 0 Å². The molecular formula is C17H26O6. The Bertz CT molecular complexity index is 425. The van der Waals surface area contributed by atoms with Crippen molar-refractivity contribution in [2.75, 3.05) is 19.8 Å². The Balaban J connectivity index is 1.68. The van der Waals surface area contributed by atoms with Gasteiger partial charge in [-0.3, -0.25) is 9.59 Å². The largest absolute Gasteiger partial charge is 0.466 e. The monoisotopic (exact) mass is 326 g/mol. The minimum atomic E-state index is -0.212. The van der Waals surface area contributed by atoms with Crippen LogP contribution in [0.5, 0.6) is 0 Å². The topological polar surface area (TPSA) is 71.1 Å². The molecule has 0 aromatic carbocycles. The van der Waals surface area contributed by atoms with Crippen LogP contribution in [0.15, 0.2) is 11.6 Å². The average Bonchev–Trinajstić information content (AvgIpc) is 3.14. The van der Waals surface area contributed by atoms with E-state index in [0.717, 1.165) is 37.9 Å². The predicted molar refractivity (Wildman–Crippen MR) is 82.6 cm³/mol. The van der Waals surface area contributed by atoms with Gasteiger partial charge in [0.25, 0.3) is 0 Å². The minimum Gasteiger partial charge on any atom is -0.466 e. The first-order valence-electron chi connectivity index (χ1n) is 8.46. The summed E-state index contributed by atoms with van der Waals surface area (Å²) in [6.07, 6.45) is 6.48. The number of hydrogen-bond donors (Lipinski definition) is 0. The summed E-state index contributed by atoms with van der Waals surface area (Å²) in [5.74, 6) is -0.409. The number of carbonyl (C=O) groups is 2. The Morgan fingerprint density at radius 2 is 2.30 bits per heavy atom. The van der Waals surface area contributed by atoms with Gasteiger partial charge in [-0.25, -0.2) is 0 Å². The van der Waals surface area contributed by atoms with Gasteiger partial charge in [0.2, 0.25) is 0 Å². The second kappa shape index (κ2) is 9.67. The zero-order chi connectivity index (χ0) is 16.5. The van der Waals surface area contributed by atoms with E-state index >= 15 is 0 Å². The molecule has 0 bridgehead atoms. The predicted octanol–water partition coefficient (Wildman–Crippen LogP) is 2.50. The summed E-state index contributed by atoms with van der Waals surface area (Å²) in [6, 6.07) is 0. The molecular weight excluding hydrogens is 300 g/mol. The molecule has 2 fully saturated rings. The van der Waals surface area contributed by atoms with E-state index in [4.69, 9.17) is 18.9 Å². The molecule has 0 amide bonds. The van der Waals surface area contributed by atoms with Crippen molar-refractivity contribution in [2.24, 2.45) is 0 Å². The van der Waals surface area contributed by atoms with Crippen LogP contribution in [0.1, 0.15) is 51.9 Å². The SMILES string of the molecule is CCOC(=O)CC/C=C1\CC(=O)OC1CCCOC1CCCO1. The molecule has 0 aromatic rings. The number of esters is 2. The smallest absolute Gasteiger partial charge is 0.310 e. The number of hydrogen-bond acceptors (Lipinski definition) is 6. The molecule has 2 rings (SSSR count). The molecule has 0 aromatic heterocycles. The van der Waals surface area contributed by atoms with E-state index in [1.807, 2.05) is 6.08 Å². The van der Waals surface area contributed by atoms with Crippen LogP contribution >= 0.6 is 0 Å². The molecule has 23 heavy (non-hydrogen) atoms. The van der Waals surface area contributed by atoms with E-state index in [-0.39, 0.29) is 24.3 Å². The first-order chi connectivity index (χ1) is 11.2. The third-order valence-electron chi connectivity index (χ3n) is 3.90. The van der Waals surface area contributed by atoms with Crippen molar-refractivity contribution in [1.29, 1.82) is 0 Å². The maximum absolute atomic E-state index is 11.5. The van der Waals surface area contributed by atoms with Crippen LogP contribution in [-0.4, -0.2) is 44.2 Å². The van der Waals surface area contributed by atoms with Crippen molar-refractivity contribution in [3.63, 3.8) is 0 Å². The second-order valence-corrected chi connectivity index (χ2v) is 5.73. The van der Waals surface area contributed by atoms with Crippen molar-refractivity contribution in [2.45, 2.75) is 64.3 Å². The second-order valence-electron chi connectivity index (χ2n) is 5.73. The fourth-order valence-corrected chi connectivity index (χ4v) is 2.78. The number of cyclic esters (lactones) is 1. The summed E-state index contributed by atoms with van der Waals surface area (Å²) < 4.78 is 21.2. The molecule has 2 unspecified atom stereocenters. The van der Waals surface area contributed by atoms with E-state index in [1.54, 1.807) is 6.92 Å². The van der Waals surface area contributed by atoms with Gasteiger partial charge < -0.3 is 18.9 Å². The van der Waals surface area contributed by atoms with E-state index in [0.29, 0.717) is 32.5 Å². The van der Waals surface area contributed by atoms with Crippen LogP contribution < -0.4 is 0 Å². The van der Waals surface area contributed by atoms with Crippen LogP contribution in [0, 0.1) is 0 Å². The summed E-state index contributed by atoms with van der Waals surface area (Å²) in [5, 5.41) is 0. The van der Waals surface area contributed by atoms with Crippen LogP contribution in [0.25, 0.3) is 0 Å². The summed E-state index contributed by atoms with van der Waals surface area (Å²) >= 11 is 0. The highest BCUT2D eigenvalue weighted by Crippen LogP contribution is 2.26. The lowest BCUT2D eigenvalue weighted by molar-refractivity contribution is -0.143. The highest BCUT2D eigenvalue weighted by molar-refractivity contribution is 5.76. The molecule has 0 spiro atoms. The van der Waals surface area contributed by atoms with Crippen LogP contribution in [0.4, 0.5) is 0 Å². The first kappa shape index (κ1) is 17.9. The molecule has 2 heterocycles. The van der Waals surface area contributed by atoms with Crippen LogP contribution in [0.2, 0.25) is 0 Å². The molecule has 130 valence electrons. The Morgan fingerprint density at radius 3 is 3.04 bits per heavy atom. The van der Waals surface area contributed by atoms with Gasteiger partial charge in [-0.15, -0.1) is 0 Å². The van der Waals surface area contributed by atoms with Crippen molar-refractivity contribution >= 4 is 11.9 Å². The third kappa shape index (κ3) is 6.31. The van der Waals surface area contributed by atoms with Gasteiger partial charge >= 0.3 is 11.9 Å². The summed E-state index contributed by atoms with van der Waals surface area (Å²) in [4.78, 5) is 22.8. The Morgan fingerprint density at radius 1 is 1.43 bits per heavy atom. The normalized spacial score (nSPS) is 25.8. The quantitative estimate of drug-likeness (QED) is 0.368. The summed E-state index contributed by atoms with van der Waals surface area (Å²) in [6.45, 7) is 3.56. The van der Waals surface area contributed by atoms with Crippen LogP contribution in [-0.2, 0) is 28.5 Å². The lowest BCUT2D eigenvalue weighted by atomic mass is 10.0. The van der Waals surface area contributed by atoms with Gasteiger partial charge in [-0.2, -0.15) is 0 Å². The van der Waals surface area contributed by atoms with Crippen molar-refractivity contribution in [3.8, 4) is 0 Å². The molecule has 0 aliphatic carbocycles. The summed E-state index contributed by atoms with van der Waals surface area (Å²) in [7, 11) is 0. The zero-order valence-corrected chi connectivity index (χ0v) is 13.8. The molecule has 6 heteroatoms. The highest BCUT2D eigenvalue weighted by atomic mass is 16.7. The molecule has 0 radical (unpaired) electrons. The van der Waals surface area contributed by atoms with Gasteiger partial charge in [0, 0.05) is 26.1 Å². The lowest BCUT2D eigenvalue weighted by Gasteiger charge is -2.13. The molecule has 0 saturated carbocycles. The third-order valence-corrected chi connectivity index (χ3v) is 3.90. The van der Waals surface area contributed by atoms with Crippen LogP contribution in [0.3, 0.4) is 0 Å². The molecule has 2 atom stereocenters. The van der Waals surface area contributed by atoms with E-state index in [1.165, 1.54) is 0 Å². The van der Waals surface area contributed by atoms with Gasteiger partial charge in [-0.05, 0) is 38.2 Å². The van der Waals surface area contributed by atoms with Gasteiger partial charge in [-0.1, -0.05) is 6.08 Å². The Hall–Kier alpha value is -1.40. The van der Waals surface area contributed by atoms with Gasteiger partial charge in [0.05, 0.1) is 13.0 Å².